The first-order valence-electron chi connectivity index (χ1n) is 9.13. The fourth-order valence-corrected chi connectivity index (χ4v) is 4.17. The van der Waals surface area contributed by atoms with E-state index in [0.29, 0.717) is 22.3 Å². The van der Waals surface area contributed by atoms with Crippen molar-refractivity contribution in [2.45, 2.75) is 18.9 Å². The quantitative estimate of drug-likeness (QED) is 0.625. The SMILES string of the molecule is O=C(Nc1ccc(Cl)cc1)c1nnc([C@H]2CCCN2C(=O)Nc2ccccc2)s1. The maximum absolute atomic E-state index is 12.7. The summed E-state index contributed by atoms with van der Waals surface area (Å²) >= 11 is 7.07. The van der Waals surface area contributed by atoms with Crippen LogP contribution in [0, 0.1) is 0 Å². The molecular weight excluding hydrogens is 410 g/mol. The van der Waals surface area contributed by atoms with Crippen LogP contribution in [0.2, 0.25) is 5.02 Å². The first-order valence-corrected chi connectivity index (χ1v) is 10.3. The Morgan fingerprint density at radius 1 is 1.00 bits per heavy atom. The van der Waals surface area contributed by atoms with E-state index in [0.717, 1.165) is 18.5 Å². The molecule has 1 aliphatic rings. The Morgan fingerprint density at radius 2 is 1.72 bits per heavy atom. The standard InChI is InChI=1S/C20H18ClN5O2S/c21-13-8-10-15(11-9-13)22-17(27)19-25-24-18(29-19)16-7-4-12-26(16)20(28)23-14-5-2-1-3-6-14/h1-3,5-6,8-11,16H,4,7,12H2,(H,22,27)(H,23,28)/t16-/m1/s1. The Morgan fingerprint density at radius 3 is 2.48 bits per heavy atom. The zero-order chi connectivity index (χ0) is 20.2. The largest absolute Gasteiger partial charge is 0.322 e. The third-order valence-corrected chi connectivity index (χ3v) is 5.84. The van der Waals surface area contributed by atoms with Gasteiger partial charge in [-0.3, -0.25) is 4.79 Å². The molecule has 29 heavy (non-hydrogen) atoms. The third-order valence-electron chi connectivity index (χ3n) is 4.56. The summed E-state index contributed by atoms with van der Waals surface area (Å²) in [6.07, 6.45) is 1.66. The Kier molecular flexibility index (Phi) is 5.73. The number of nitrogens with zero attached hydrogens (tertiary/aromatic N) is 3. The van der Waals surface area contributed by atoms with Crippen molar-refractivity contribution in [2.24, 2.45) is 0 Å². The fourth-order valence-electron chi connectivity index (χ4n) is 3.16. The molecule has 0 radical (unpaired) electrons. The molecular formula is C20H18ClN5O2S. The number of likely N-dealkylation sites (tertiary alicyclic amines) is 1. The van der Waals surface area contributed by atoms with Crippen molar-refractivity contribution < 1.29 is 9.59 Å². The molecule has 1 saturated heterocycles. The van der Waals surface area contributed by atoms with Crippen LogP contribution >= 0.6 is 22.9 Å². The summed E-state index contributed by atoms with van der Waals surface area (Å²) in [5.41, 5.74) is 1.37. The molecule has 1 atom stereocenters. The Labute approximate surface area is 176 Å². The Bertz CT molecular complexity index is 1010. The van der Waals surface area contributed by atoms with E-state index in [1.54, 1.807) is 29.2 Å². The third kappa shape index (κ3) is 4.55. The lowest BCUT2D eigenvalue weighted by atomic mass is 10.2. The van der Waals surface area contributed by atoms with Crippen LogP contribution in [0.1, 0.15) is 33.7 Å². The molecule has 1 fully saturated rings. The van der Waals surface area contributed by atoms with Gasteiger partial charge in [-0.2, -0.15) is 0 Å². The lowest BCUT2D eigenvalue weighted by Crippen LogP contribution is -2.34. The first kappa shape index (κ1) is 19.4. The molecule has 1 aliphatic heterocycles. The summed E-state index contributed by atoms with van der Waals surface area (Å²) in [4.78, 5) is 26.9. The molecule has 148 valence electrons. The van der Waals surface area contributed by atoms with E-state index in [-0.39, 0.29) is 23.0 Å². The van der Waals surface area contributed by atoms with Crippen molar-refractivity contribution in [2.75, 3.05) is 17.2 Å². The normalized spacial score (nSPS) is 15.9. The molecule has 2 aromatic carbocycles. The highest BCUT2D eigenvalue weighted by atomic mass is 35.5. The summed E-state index contributed by atoms with van der Waals surface area (Å²) in [7, 11) is 0. The van der Waals surface area contributed by atoms with E-state index in [1.165, 1.54) is 11.3 Å². The highest BCUT2D eigenvalue weighted by Gasteiger charge is 2.33. The predicted molar refractivity (Wildman–Crippen MR) is 113 cm³/mol. The van der Waals surface area contributed by atoms with Crippen LogP contribution < -0.4 is 10.6 Å². The number of nitrogens with one attached hydrogen (secondary N) is 2. The molecule has 2 heterocycles. The number of carbonyl (C=O) groups is 2. The lowest BCUT2D eigenvalue weighted by Gasteiger charge is -2.23. The van der Waals surface area contributed by atoms with E-state index in [9.17, 15) is 9.59 Å². The van der Waals surface area contributed by atoms with E-state index in [4.69, 9.17) is 11.6 Å². The van der Waals surface area contributed by atoms with Crippen molar-refractivity contribution in [1.29, 1.82) is 0 Å². The molecule has 3 aromatic rings. The zero-order valence-corrected chi connectivity index (χ0v) is 16.9. The Hall–Kier alpha value is -2.97. The average molecular weight is 428 g/mol. The van der Waals surface area contributed by atoms with Crippen molar-refractivity contribution >= 4 is 46.3 Å². The topological polar surface area (TPSA) is 87.2 Å². The number of hydrogen-bond acceptors (Lipinski definition) is 5. The zero-order valence-electron chi connectivity index (χ0n) is 15.3. The average Bonchev–Trinajstić information content (AvgIpc) is 3.40. The second kappa shape index (κ2) is 8.59. The van der Waals surface area contributed by atoms with E-state index < -0.39 is 0 Å². The number of aromatic nitrogens is 2. The fraction of sp³-hybridized carbons (Fsp3) is 0.200. The lowest BCUT2D eigenvalue weighted by molar-refractivity contribution is 0.102. The van der Waals surface area contributed by atoms with Crippen LogP contribution in [-0.2, 0) is 0 Å². The number of urea groups is 1. The molecule has 0 unspecified atom stereocenters. The van der Waals surface area contributed by atoms with E-state index in [1.807, 2.05) is 30.3 Å². The van der Waals surface area contributed by atoms with Crippen molar-refractivity contribution in [1.82, 2.24) is 15.1 Å². The minimum Gasteiger partial charge on any atom is -0.320 e. The second-order valence-corrected chi connectivity index (χ2v) is 8.00. The van der Waals surface area contributed by atoms with Gasteiger partial charge in [0.25, 0.3) is 5.91 Å². The Balaban J connectivity index is 1.44. The number of para-hydroxylation sites is 1. The van der Waals surface area contributed by atoms with Gasteiger partial charge in [-0.15, -0.1) is 10.2 Å². The summed E-state index contributed by atoms with van der Waals surface area (Å²) in [6.45, 7) is 0.634. The van der Waals surface area contributed by atoms with Crippen molar-refractivity contribution in [3.63, 3.8) is 0 Å². The molecule has 0 spiro atoms. The van der Waals surface area contributed by atoms with Crippen molar-refractivity contribution in [3.8, 4) is 0 Å². The van der Waals surface area contributed by atoms with E-state index >= 15 is 0 Å². The first-order chi connectivity index (χ1) is 14.1. The van der Waals surface area contributed by atoms with Gasteiger partial charge in [0.05, 0.1) is 6.04 Å². The minimum absolute atomic E-state index is 0.180. The maximum Gasteiger partial charge on any atom is 0.322 e. The molecule has 1 aromatic heterocycles. The smallest absolute Gasteiger partial charge is 0.320 e. The summed E-state index contributed by atoms with van der Waals surface area (Å²) < 4.78 is 0. The molecule has 0 saturated carbocycles. The molecule has 7 nitrogen and oxygen atoms in total. The van der Waals surface area contributed by atoms with Gasteiger partial charge in [-0.1, -0.05) is 41.1 Å². The molecule has 2 N–H and O–H groups in total. The van der Waals surface area contributed by atoms with Gasteiger partial charge in [-0.05, 0) is 49.2 Å². The number of hydrogen-bond donors (Lipinski definition) is 2. The molecule has 0 bridgehead atoms. The molecule has 3 amide bonds. The highest BCUT2D eigenvalue weighted by molar-refractivity contribution is 7.13. The number of rotatable bonds is 4. The van der Waals surface area contributed by atoms with Crippen LogP contribution in [-0.4, -0.2) is 33.6 Å². The number of anilines is 2. The predicted octanol–water partition coefficient (Wildman–Crippen LogP) is 4.81. The second-order valence-electron chi connectivity index (χ2n) is 6.55. The van der Waals surface area contributed by atoms with Gasteiger partial charge in [0.15, 0.2) is 0 Å². The number of amides is 3. The van der Waals surface area contributed by atoms with E-state index in [2.05, 4.69) is 20.8 Å². The summed E-state index contributed by atoms with van der Waals surface area (Å²) in [5.74, 6) is -0.339. The van der Waals surface area contributed by atoms with Crippen LogP contribution in [0.3, 0.4) is 0 Å². The molecule has 4 rings (SSSR count). The van der Waals surface area contributed by atoms with Crippen LogP contribution in [0.25, 0.3) is 0 Å². The maximum atomic E-state index is 12.7. The van der Waals surface area contributed by atoms with Crippen LogP contribution in [0.4, 0.5) is 16.2 Å². The van der Waals surface area contributed by atoms with Crippen molar-refractivity contribution in [3.05, 3.63) is 69.6 Å². The summed E-state index contributed by atoms with van der Waals surface area (Å²) in [5, 5.41) is 15.4. The van der Waals surface area contributed by atoms with Gasteiger partial charge < -0.3 is 15.5 Å². The highest BCUT2D eigenvalue weighted by Crippen LogP contribution is 2.34. The van der Waals surface area contributed by atoms with Gasteiger partial charge in [0.2, 0.25) is 5.01 Å². The van der Waals surface area contributed by atoms with Gasteiger partial charge in [0.1, 0.15) is 5.01 Å². The van der Waals surface area contributed by atoms with Gasteiger partial charge >= 0.3 is 6.03 Å². The number of carbonyl (C=O) groups excluding carboxylic acids is 2. The summed E-state index contributed by atoms with van der Waals surface area (Å²) in [6, 6.07) is 15.8. The number of benzene rings is 2. The van der Waals surface area contributed by atoms with Gasteiger partial charge in [-0.25, -0.2) is 4.79 Å². The van der Waals surface area contributed by atoms with Crippen LogP contribution in [0.5, 0.6) is 0 Å². The molecule has 0 aliphatic carbocycles. The minimum atomic E-state index is -0.339. The monoisotopic (exact) mass is 427 g/mol. The van der Waals surface area contributed by atoms with Gasteiger partial charge in [0, 0.05) is 22.9 Å². The number of halogens is 1. The molecule has 9 heteroatoms. The van der Waals surface area contributed by atoms with Crippen LogP contribution in [0.15, 0.2) is 54.6 Å².